The van der Waals surface area contributed by atoms with Crippen molar-refractivity contribution < 1.29 is 8.42 Å². The van der Waals surface area contributed by atoms with E-state index in [0.717, 1.165) is 50.3 Å². The second kappa shape index (κ2) is 9.93. The molecule has 1 saturated carbocycles. The van der Waals surface area contributed by atoms with E-state index >= 15 is 0 Å². The second-order valence-corrected chi connectivity index (χ2v) is 10.3. The van der Waals surface area contributed by atoms with E-state index in [0.29, 0.717) is 19.0 Å². The molecule has 1 aliphatic carbocycles. The Balaban J connectivity index is 1.84. The van der Waals surface area contributed by atoms with Crippen LogP contribution in [0.15, 0.2) is 4.99 Å². The molecular formula is C19H38N4O2S. The van der Waals surface area contributed by atoms with Gasteiger partial charge in [0.15, 0.2) is 5.96 Å². The summed E-state index contributed by atoms with van der Waals surface area (Å²) in [5.41, 5.74) is 0. The Kier molecular flexibility index (Phi) is 8.20. The van der Waals surface area contributed by atoms with Crippen LogP contribution in [0.1, 0.15) is 52.4 Å². The number of hydrogen-bond acceptors (Lipinski definition) is 3. The molecule has 2 rings (SSSR count). The van der Waals surface area contributed by atoms with E-state index in [1.807, 2.05) is 0 Å². The molecule has 6 nitrogen and oxygen atoms in total. The van der Waals surface area contributed by atoms with E-state index in [9.17, 15) is 8.42 Å². The smallest absolute Gasteiger partial charge is 0.211 e. The normalized spacial score (nSPS) is 26.7. The first kappa shape index (κ1) is 21.5. The van der Waals surface area contributed by atoms with E-state index < -0.39 is 10.0 Å². The molecule has 0 aromatic heterocycles. The number of sulfonamides is 1. The lowest BCUT2D eigenvalue weighted by molar-refractivity contribution is 0.249. The van der Waals surface area contributed by atoms with Crippen molar-refractivity contribution in [3.63, 3.8) is 0 Å². The summed E-state index contributed by atoms with van der Waals surface area (Å²) in [6.07, 6.45) is 8.47. The minimum Gasteiger partial charge on any atom is -0.357 e. The Labute approximate surface area is 160 Å². The van der Waals surface area contributed by atoms with Gasteiger partial charge in [-0.2, -0.15) is 0 Å². The fourth-order valence-electron chi connectivity index (χ4n) is 4.09. The van der Waals surface area contributed by atoms with Gasteiger partial charge in [0.05, 0.1) is 6.26 Å². The van der Waals surface area contributed by atoms with Crippen LogP contribution in [0.5, 0.6) is 0 Å². The van der Waals surface area contributed by atoms with Crippen LogP contribution in [0.25, 0.3) is 0 Å². The summed E-state index contributed by atoms with van der Waals surface area (Å²) >= 11 is 0. The highest BCUT2D eigenvalue weighted by Gasteiger charge is 2.25. The number of nitrogens with zero attached hydrogens (tertiary/aromatic N) is 3. The van der Waals surface area contributed by atoms with Gasteiger partial charge in [0.1, 0.15) is 0 Å². The molecular weight excluding hydrogens is 348 g/mol. The topological polar surface area (TPSA) is 65.0 Å². The fraction of sp³-hybridized carbons (Fsp3) is 0.947. The van der Waals surface area contributed by atoms with Gasteiger partial charge < -0.3 is 10.2 Å². The largest absolute Gasteiger partial charge is 0.357 e. The van der Waals surface area contributed by atoms with Crippen LogP contribution < -0.4 is 5.32 Å². The quantitative estimate of drug-likeness (QED) is 0.562. The molecule has 152 valence electrons. The first-order valence-corrected chi connectivity index (χ1v) is 12.1. The predicted molar refractivity (Wildman–Crippen MR) is 109 cm³/mol. The van der Waals surface area contributed by atoms with Gasteiger partial charge in [-0.3, -0.25) is 4.99 Å². The van der Waals surface area contributed by atoms with Crippen molar-refractivity contribution in [2.45, 2.75) is 52.4 Å². The lowest BCUT2D eigenvalue weighted by atomic mass is 9.83. The fourth-order valence-corrected chi connectivity index (χ4v) is 4.97. The first-order chi connectivity index (χ1) is 12.3. The summed E-state index contributed by atoms with van der Waals surface area (Å²) in [5.74, 6) is 3.14. The van der Waals surface area contributed by atoms with Gasteiger partial charge in [-0.15, -0.1) is 0 Å². The summed E-state index contributed by atoms with van der Waals surface area (Å²) in [7, 11) is -0.901. The molecule has 0 atom stereocenters. The van der Waals surface area contributed by atoms with E-state index in [-0.39, 0.29) is 0 Å². The van der Waals surface area contributed by atoms with Gasteiger partial charge >= 0.3 is 0 Å². The molecule has 1 N–H and O–H groups in total. The molecule has 1 aliphatic heterocycles. The lowest BCUT2D eigenvalue weighted by Crippen LogP contribution is -2.42. The molecule has 0 unspecified atom stereocenters. The molecule has 1 heterocycles. The minimum atomic E-state index is -3.05. The highest BCUT2D eigenvalue weighted by molar-refractivity contribution is 7.88. The molecule has 7 heteroatoms. The summed E-state index contributed by atoms with van der Waals surface area (Å²) in [6, 6.07) is 0. The number of piperidine rings is 1. The Morgan fingerprint density at radius 3 is 2.27 bits per heavy atom. The molecule has 2 aliphatic rings. The van der Waals surface area contributed by atoms with E-state index in [2.05, 4.69) is 31.1 Å². The van der Waals surface area contributed by atoms with Crippen LogP contribution in [0.2, 0.25) is 0 Å². The van der Waals surface area contributed by atoms with Gasteiger partial charge in [0.25, 0.3) is 0 Å². The predicted octanol–water partition coefficient (Wildman–Crippen LogP) is 2.38. The zero-order valence-electron chi connectivity index (χ0n) is 17.1. The van der Waals surface area contributed by atoms with Crippen LogP contribution >= 0.6 is 0 Å². The standard InChI is InChI=1S/C19H38N4O2S/c1-5-20-19(22(3)15-18-8-6-16(2)7-9-18)21-14-17-10-12-23(13-11-17)26(4,24)25/h16-18H,5-15H2,1-4H3,(H,20,21). The highest BCUT2D eigenvalue weighted by atomic mass is 32.2. The molecule has 1 saturated heterocycles. The first-order valence-electron chi connectivity index (χ1n) is 10.2. The van der Waals surface area contributed by atoms with E-state index in [1.165, 1.54) is 31.9 Å². The summed E-state index contributed by atoms with van der Waals surface area (Å²) in [4.78, 5) is 7.16. The van der Waals surface area contributed by atoms with Crippen LogP contribution in [-0.2, 0) is 10.0 Å². The van der Waals surface area contributed by atoms with Crippen molar-refractivity contribution in [2.75, 3.05) is 46.0 Å². The van der Waals surface area contributed by atoms with Gasteiger partial charge in [0, 0.05) is 39.8 Å². The molecule has 0 amide bonds. The number of hydrogen-bond donors (Lipinski definition) is 1. The van der Waals surface area contributed by atoms with Crippen molar-refractivity contribution in [3.05, 3.63) is 0 Å². The molecule has 0 aromatic carbocycles. The average Bonchev–Trinajstić information content (AvgIpc) is 2.60. The maximum Gasteiger partial charge on any atom is 0.211 e. The molecule has 2 fully saturated rings. The molecule has 0 bridgehead atoms. The Morgan fingerprint density at radius 1 is 1.12 bits per heavy atom. The van der Waals surface area contributed by atoms with Crippen molar-refractivity contribution in [2.24, 2.45) is 22.7 Å². The van der Waals surface area contributed by atoms with Crippen molar-refractivity contribution in [3.8, 4) is 0 Å². The third-order valence-corrected chi connectivity index (χ3v) is 7.21. The third-order valence-electron chi connectivity index (χ3n) is 5.91. The highest BCUT2D eigenvalue weighted by Crippen LogP contribution is 2.28. The van der Waals surface area contributed by atoms with E-state index in [1.54, 1.807) is 4.31 Å². The number of rotatable bonds is 6. The zero-order valence-corrected chi connectivity index (χ0v) is 17.9. The van der Waals surface area contributed by atoms with Gasteiger partial charge in [-0.1, -0.05) is 19.8 Å². The lowest BCUT2D eigenvalue weighted by Gasteiger charge is -2.32. The average molecular weight is 387 g/mol. The molecule has 0 radical (unpaired) electrons. The van der Waals surface area contributed by atoms with Crippen molar-refractivity contribution in [1.29, 1.82) is 0 Å². The second-order valence-electron chi connectivity index (χ2n) is 8.31. The molecule has 26 heavy (non-hydrogen) atoms. The SMILES string of the molecule is CCNC(=NCC1CCN(S(C)(=O)=O)CC1)N(C)CC1CCC(C)CC1. The van der Waals surface area contributed by atoms with Crippen LogP contribution in [0.4, 0.5) is 0 Å². The van der Waals surface area contributed by atoms with Gasteiger partial charge in [-0.05, 0) is 50.4 Å². The molecule has 0 spiro atoms. The summed E-state index contributed by atoms with van der Waals surface area (Å²) in [5, 5.41) is 3.42. The maximum absolute atomic E-state index is 11.6. The van der Waals surface area contributed by atoms with Crippen molar-refractivity contribution >= 4 is 16.0 Å². The van der Waals surface area contributed by atoms with Crippen LogP contribution in [0, 0.1) is 17.8 Å². The number of guanidine groups is 1. The Hall–Kier alpha value is -0.820. The summed E-state index contributed by atoms with van der Waals surface area (Å²) in [6.45, 7) is 8.46. The number of aliphatic imine (C=N–C) groups is 1. The minimum absolute atomic E-state index is 0.477. The van der Waals surface area contributed by atoms with Gasteiger partial charge in [-0.25, -0.2) is 12.7 Å². The zero-order chi connectivity index (χ0) is 19.2. The van der Waals surface area contributed by atoms with Crippen LogP contribution in [-0.4, -0.2) is 69.6 Å². The Morgan fingerprint density at radius 2 is 1.73 bits per heavy atom. The summed E-state index contributed by atoms with van der Waals surface area (Å²) < 4.78 is 24.8. The maximum atomic E-state index is 11.6. The third kappa shape index (κ3) is 6.72. The van der Waals surface area contributed by atoms with Crippen LogP contribution in [0.3, 0.4) is 0 Å². The van der Waals surface area contributed by atoms with E-state index in [4.69, 9.17) is 4.99 Å². The molecule has 0 aromatic rings. The van der Waals surface area contributed by atoms with Gasteiger partial charge in [0.2, 0.25) is 10.0 Å². The van der Waals surface area contributed by atoms with Crippen molar-refractivity contribution in [1.82, 2.24) is 14.5 Å². The monoisotopic (exact) mass is 386 g/mol. The number of nitrogens with one attached hydrogen (secondary N) is 1. The Bertz CT molecular complexity index is 548.